The van der Waals surface area contributed by atoms with Gasteiger partial charge in [-0.3, -0.25) is 4.79 Å². The van der Waals surface area contributed by atoms with E-state index in [0.29, 0.717) is 21.6 Å². The summed E-state index contributed by atoms with van der Waals surface area (Å²) in [4.78, 5) is 25.8. The Hall–Kier alpha value is -1.89. The number of nitrogens with one attached hydrogen (secondary N) is 1. The molecule has 1 saturated heterocycles. The summed E-state index contributed by atoms with van der Waals surface area (Å²) < 4.78 is 0. The van der Waals surface area contributed by atoms with Crippen molar-refractivity contribution < 1.29 is 4.79 Å². The lowest BCUT2D eigenvalue weighted by molar-refractivity contribution is 0.102. The highest BCUT2D eigenvalue weighted by Crippen LogP contribution is 2.30. The van der Waals surface area contributed by atoms with E-state index in [1.54, 1.807) is 31.2 Å². The van der Waals surface area contributed by atoms with Gasteiger partial charge in [0, 0.05) is 32.2 Å². The van der Waals surface area contributed by atoms with E-state index in [9.17, 15) is 4.79 Å². The average molecular weight is 380 g/mol. The third kappa shape index (κ3) is 4.21. The van der Waals surface area contributed by atoms with Crippen molar-refractivity contribution in [2.45, 2.75) is 6.92 Å². The minimum Gasteiger partial charge on any atom is -0.354 e. The summed E-state index contributed by atoms with van der Waals surface area (Å²) in [5.74, 6) is 0.943. The molecule has 1 fully saturated rings. The maximum Gasteiger partial charge on any atom is 0.274 e. The number of amides is 1. The van der Waals surface area contributed by atoms with Crippen molar-refractivity contribution in [2.24, 2.45) is 0 Å². The van der Waals surface area contributed by atoms with Gasteiger partial charge in [-0.2, -0.15) is 0 Å². The Morgan fingerprint density at radius 1 is 1.12 bits per heavy atom. The van der Waals surface area contributed by atoms with Crippen LogP contribution in [0.25, 0.3) is 0 Å². The number of aromatic nitrogens is 2. The summed E-state index contributed by atoms with van der Waals surface area (Å²) in [6.45, 7) is 5.42. The van der Waals surface area contributed by atoms with Crippen LogP contribution in [-0.2, 0) is 0 Å². The quantitative estimate of drug-likeness (QED) is 0.887. The second kappa shape index (κ2) is 7.56. The predicted molar refractivity (Wildman–Crippen MR) is 101 cm³/mol. The fourth-order valence-corrected chi connectivity index (χ4v) is 3.15. The molecule has 1 N–H and O–H groups in total. The van der Waals surface area contributed by atoms with Gasteiger partial charge in [0.2, 0.25) is 0 Å². The lowest BCUT2D eigenvalue weighted by Gasteiger charge is -2.33. The molecule has 1 aliphatic heterocycles. The third-order valence-electron chi connectivity index (χ3n) is 4.09. The predicted octanol–water partition coefficient (Wildman–Crippen LogP) is 3.10. The molecule has 0 bridgehead atoms. The van der Waals surface area contributed by atoms with E-state index in [4.69, 9.17) is 23.2 Å². The normalized spacial score (nSPS) is 15.3. The minimum atomic E-state index is -0.365. The van der Waals surface area contributed by atoms with E-state index in [-0.39, 0.29) is 11.6 Å². The van der Waals surface area contributed by atoms with E-state index in [1.165, 1.54) is 0 Å². The number of nitrogens with zero attached hydrogens (tertiary/aromatic N) is 4. The molecule has 8 heteroatoms. The van der Waals surface area contributed by atoms with Crippen LogP contribution >= 0.6 is 23.2 Å². The fourth-order valence-electron chi connectivity index (χ4n) is 2.66. The van der Waals surface area contributed by atoms with Gasteiger partial charge in [0.15, 0.2) is 0 Å². The van der Waals surface area contributed by atoms with Gasteiger partial charge in [0.1, 0.15) is 17.3 Å². The molecule has 0 unspecified atom stereocenters. The lowest BCUT2D eigenvalue weighted by atomic mass is 10.2. The minimum absolute atomic E-state index is 0.289. The number of piperazine rings is 1. The second-order valence-electron chi connectivity index (χ2n) is 6.00. The molecule has 1 aliphatic rings. The molecule has 0 radical (unpaired) electrons. The average Bonchev–Trinajstić information content (AvgIpc) is 2.58. The summed E-state index contributed by atoms with van der Waals surface area (Å²) in [6.07, 6.45) is 0. The van der Waals surface area contributed by atoms with Crippen molar-refractivity contribution in [1.82, 2.24) is 14.9 Å². The van der Waals surface area contributed by atoms with E-state index >= 15 is 0 Å². The van der Waals surface area contributed by atoms with Gasteiger partial charge in [-0.25, -0.2) is 9.97 Å². The van der Waals surface area contributed by atoms with Crippen LogP contribution in [0.4, 0.5) is 11.5 Å². The van der Waals surface area contributed by atoms with Gasteiger partial charge < -0.3 is 15.1 Å². The molecule has 6 nitrogen and oxygen atoms in total. The number of anilines is 2. The first-order chi connectivity index (χ1) is 11.9. The molecule has 2 heterocycles. The molecule has 1 aromatic heterocycles. The van der Waals surface area contributed by atoms with Crippen LogP contribution in [0.3, 0.4) is 0 Å². The zero-order valence-corrected chi connectivity index (χ0v) is 15.6. The molecule has 0 spiro atoms. The number of hydrogen-bond donors (Lipinski definition) is 1. The number of hydrogen-bond acceptors (Lipinski definition) is 5. The van der Waals surface area contributed by atoms with Crippen LogP contribution in [0.2, 0.25) is 10.0 Å². The topological polar surface area (TPSA) is 61.4 Å². The van der Waals surface area contributed by atoms with Crippen LogP contribution in [0, 0.1) is 6.92 Å². The maximum atomic E-state index is 12.6. The molecule has 1 aromatic carbocycles. The summed E-state index contributed by atoms with van der Waals surface area (Å²) in [6, 6.07) is 6.77. The molecular weight excluding hydrogens is 361 g/mol. The number of halogens is 2. The zero-order chi connectivity index (χ0) is 18.0. The van der Waals surface area contributed by atoms with E-state index in [0.717, 1.165) is 32.0 Å². The first-order valence-corrected chi connectivity index (χ1v) is 8.74. The fraction of sp³-hybridized carbons (Fsp3) is 0.353. The molecule has 0 atom stereocenters. The van der Waals surface area contributed by atoms with Crippen molar-refractivity contribution >= 4 is 40.6 Å². The number of likely N-dealkylation sites (N-methyl/N-ethyl adjacent to an activating group) is 1. The van der Waals surface area contributed by atoms with Gasteiger partial charge in [-0.05, 0) is 26.1 Å². The van der Waals surface area contributed by atoms with Crippen LogP contribution < -0.4 is 10.2 Å². The second-order valence-corrected chi connectivity index (χ2v) is 6.81. The van der Waals surface area contributed by atoms with E-state index in [2.05, 4.69) is 32.1 Å². The standard InChI is InChI=1S/C17H19Cl2N5O/c1-11-20-14(10-15(21-11)24-8-6-23(2)7-9-24)17(25)22-16-12(18)4-3-5-13(16)19/h3-5,10H,6-9H2,1-2H3,(H,22,25). The van der Waals surface area contributed by atoms with Gasteiger partial charge >= 0.3 is 0 Å². The molecule has 25 heavy (non-hydrogen) atoms. The molecular formula is C17H19Cl2N5O. The highest BCUT2D eigenvalue weighted by Gasteiger charge is 2.19. The first kappa shape index (κ1) is 17.9. The number of benzene rings is 1. The molecule has 1 amide bonds. The largest absolute Gasteiger partial charge is 0.354 e. The Kier molecular flexibility index (Phi) is 5.42. The molecule has 2 aromatic rings. The number of para-hydroxylation sites is 1. The number of aryl methyl sites for hydroxylation is 1. The highest BCUT2D eigenvalue weighted by molar-refractivity contribution is 6.40. The number of rotatable bonds is 3. The molecule has 0 aliphatic carbocycles. The molecule has 3 rings (SSSR count). The van der Waals surface area contributed by atoms with Crippen LogP contribution in [0.15, 0.2) is 24.3 Å². The van der Waals surface area contributed by atoms with Crippen LogP contribution in [0.5, 0.6) is 0 Å². The smallest absolute Gasteiger partial charge is 0.274 e. The van der Waals surface area contributed by atoms with Gasteiger partial charge in [-0.1, -0.05) is 29.3 Å². The Balaban J connectivity index is 1.83. The van der Waals surface area contributed by atoms with Gasteiger partial charge in [-0.15, -0.1) is 0 Å². The zero-order valence-electron chi connectivity index (χ0n) is 14.1. The molecule has 0 saturated carbocycles. The van der Waals surface area contributed by atoms with Crippen molar-refractivity contribution in [1.29, 1.82) is 0 Å². The monoisotopic (exact) mass is 379 g/mol. The Morgan fingerprint density at radius 2 is 1.76 bits per heavy atom. The third-order valence-corrected chi connectivity index (χ3v) is 4.72. The van der Waals surface area contributed by atoms with Crippen molar-refractivity contribution in [3.63, 3.8) is 0 Å². The highest BCUT2D eigenvalue weighted by atomic mass is 35.5. The summed E-state index contributed by atoms with van der Waals surface area (Å²) in [5.41, 5.74) is 0.672. The summed E-state index contributed by atoms with van der Waals surface area (Å²) in [5, 5.41) is 3.50. The number of carbonyl (C=O) groups excluding carboxylic acids is 1. The van der Waals surface area contributed by atoms with Gasteiger partial charge in [0.25, 0.3) is 5.91 Å². The number of carbonyl (C=O) groups is 1. The maximum absolute atomic E-state index is 12.6. The van der Waals surface area contributed by atoms with Crippen molar-refractivity contribution in [3.05, 3.63) is 45.8 Å². The Labute approximate surface area is 156 Å². The Bertz CT molecular complexity index is 770. The summed E-state index contributed by atoms with van der Waals surface area (Å²) >= 11 is 12.2. The molecule has 132 valence electrons. The summed E-state index contributed by atoms with van der Waals surface area (Å²) in [7, 11) is 2.09. The van der Waals surface area contributed by atoms with E-state index < -0.39 is 0 Å². The Morgan fingerprint density at radius 3 is 2.40 bits per heavy atom. The van der Waals surface area contributed by atoms with Crippen molar-refractivity contribution in [3.8, 4) is 0 Å². The SMILES string of the molecule is Cc1nc(C(=O)Nc2c(Cl)cccc2Cl)cc(N2CCN(C)CC2)n1. The van der Waals surface area contributed by atoms with Crippen LogP contribution in [0.1, 0.15) is 16.3 Å². The lowest BCUT2D eigenvalue weighted by Crippen LogP contribution is -2.45. The van der Waals surface area contributed by atoms with Gasteiger partial charge in [0.05, 0.1) is 15.7 Å². The first-order valence-electron chi connectivity index (χ1n) is 7.98. The van der Waals surface area contributed by atoms with Crippen molar-refractivity contribution in [2.75, 3.05) is 43.4 Å². The van der Waals surface area contributed by atoms with Crippen LogP contribution in [-0.4, -0.2) is 54.0 Å². The van der Waals surface area contributed by atoms with E-state index in [1.807, 2.05) is 0 Å².